The van der Waals surface area contributed by atoms with Crippen molar-refractivity contribution in [3.05, 3.63) is 93.2 Å². The fraction of sp³-hybridized carbons (Fsp3) is 0.200. The van der Waals surface area contributed by atoms with Crippen molar-refractivity contribution in [2.45, 2.75) is 40.5 Å². The Kier molecular flexibility index (Phi) is 6.42. The molecule has 174 valence electrons. The summed E-state index contributed by atoms with van der Waals surface area (Å²) in [6.07, 6.45) is 7.69. The van der Waals surface area contributed by atoms with E-state index in [1.807, 2.05) is 18.2 Å². The molecule has 0 atom stereocenters. The van der Waals surface area contributed by atoms with E-state index < -0.39 is 5.75 Å². The maximum absolute atomic E-state index is 10.5. The molecule has 2 aliphatic carbocycles. The standard InChI is InChI=1S/C30H28NO3.Zn/c1-15-7-5-8-19(31)13-23(15)26-16(2)11-12-21-20-9-6-10-22(24(20)14-25(21)26)27-17(3)28(32)30(34)29(33)18(27)4;/h5-6,8,10-13,32-34H,7,14,31H2,1-4H3;/q-1;. The van der Waals surface area contributed by atoms with Crippen LogP contribution < -0.4 is 5.73 Å². The topological polar surface area (TPSA) is 86.7 Å². The predicted octanol–water partition coefficient (Wildman–Crippen LogP) is 6.34. The van der Waals surface area contributed by atoms with Crippen LogP contribution in [0, 0.1) is 26.8 Å². The molecular weight excluding hydrogens is 488 g/mol. The number of nitrogens with two attached hydrogens (primary N) is 1. The van der Waals surface area contributed by atoms with Gasteiger partial charge in [0.05, 0.1) is 0 Å². The Labute approximate surface area is 218 Å². The molecule has 0 aromatic heterocycles. The van der Waals surface area contributed by atoms with Crippen molar-refractivity contribution in [1.82, 2.24) is 0 Å². The molecule has 0 amide bonds. The quantitative estimate of drug-likeness (QED) is 0.142. The number of aromatic hydroxyl groups is 3. The maximum atomic E-state index is 10.5. The normalized spacial score (nSPS) is 14.2. The van der Waals surface area contributed by atoms with Crippen molar-refractivity contribution < 1.29 is 34.8 Å². The summed E-state index contributed by atoms with van der Waals surface area (Å²) in [5.41, 5.74) is 19.1. The number of fused-ring (bicyclic) bond motifs is 3. The molecule has 2 aliphatic rings. The molecule has 5 N–H and O–H groups in total. The van der Waals surface area contributed by atoms with E-state index in [2.05, 4.69) is 44.2 Å². The van der Waals surface area contributed by atoms with Gasteiger partial charge in [0.25, 0.3) is 0 Å². The van der Waals surface area contributed by atoms with Crippen LogP contribution in [0.4, 0.5) is 0 Å². The second-order valence-electron chi connectivity index (χ2n) is 9.32. The third-order valence-electron chi connectivity index (χ3n) is 7.20. The van der Waals surface area contributed by atoms with E-state index in [9.17, 15) is 15.3 Å². The first-order chi connectivity index (χ1) is 16.2. The van der Waals surface area contributed by atoms with Crippen LogP contribution >= 0.6 is 0 Å². The maximum Gasteiger partial charge on any atom is 0.200 e. The van der Waals surface area contributed by atoms with Crippen LogP contribution in [0.25, 0.3) is 27.8 Å². The largest absolute Gasteiger partial charge is 0.504 e. The minimum atomic E-state index is -0.479. The van der Waals surface area contributed by atoms with E-state index in [0.29, 0.717) is 17.5 Å². The summed E-state index contributed by atoms with van der Waals surface area (Å²) < 4.78 is 0. The number of rotatable bonds is 2. The number of benzene rings is 3. The first kappa shape index (κ1) is 24.8. The number of hydrogen-bond donors (Lipinski definition) is 4. The summed E-state index contributed by atoms with van der Waals surface area (Å²) in [5.74, 6) is -1.06. The summed E-state index contributed by atoms with van der Waals surface area (Å²) in [5, 5.41) is 31.0. The predicted molar refractivity (Wildman–Crippen MR) is 137 cm³/mol. The van der Waals surface area contributed by atoms with Gasteiger partial charge >= 0.3 is 0 Å². The van der Waals surface area contributed by atoms with Crippen LogP contribution in [0.5, 0.6) is 17.2 Å². The number of phenolic OH excluding ortho intramolecular Hbond substituents is 3. The van der Waals surface area contributed by atoms with Gasteiger partial charge in [0.1, 0.15) is 0 Å². The first-order valence-electron chi connectivity index (χ1n) is 11.4. The van der Waals surface area contributed by atoms with Crippen molar-refractivity contribution in [1.29, 1.82) is 0 Å². The molecule has 0 unspecified atom stereocenters. The van der Waals surface area contributed by atoms with Crippen LogP contribution in [-0.2, 0) is 25.9 Å². The molecular formula is C30H28NO3Zn-. The van der Waals surface area contributed by atoms with Gasteiger partial charge in [-0.2, -0.15) is 0 Å². The molecule has 5 heteroatoms. The van der Waals surface area contributed by atoms with Crippen LogP contribution in [0.2, 0.25) is 0 Å². The Morgan fingerprint density at radius 1 is 0.829 bits per heavy atom. The summed E-state index contributed by atoms with van der Waals surface area (Å²) >= 11 is 0. The molecule has 5 rings (SSSR count). The number of phenols is 3. The molecule has 3 aromatic rings. The fourth-order valence-corrected chi connectivity index (χ4v) is 5.42. The van der Waals surface area contributed by atoms with Gasteiger partial charge in [-0.3, -0.25) is 0 Å². The van der Waals surface area contributed by atoms with Crippen molar-refractivity contribution >= 4 is 5.57 Å². The van der Waals surface area contributed by atoms with Crippen molar-refractivity contribution in [2.75, 3.05) is 0 Å². The summed E-state index contributed by atoms with van der Waals surface area (Å²) in [4.78, 5) is 0. The van der Waals surface area contributed by atoms with Crippen LogP contribution in [0.3, 0.4) is 0 Å². The second kappa shape index (κ2) is 9.05. The smallest absolute Gasteiger partial charge is 0.200 e. The Morgan fingerprint density at radius 3 is 2.20 bits per heavy atom. The molecule has 0 radical (unpaired) electrons. The summed E-state index contributed by atoms with van der Waals surface area (Å²) in [7, 11) is 0. The molecule has 4 nitrogen and oxygen atoms in total. The number of allylic oxidation sites excluding steroid dienone is 5. The van der Waals surface area contributed by atoms with E-state index in [1.54, 1.807) is 13.8 Å². The van der Waals surface area contributed by atoms with E-state index in [1.165, 1.54) is 27.8 Å². The van der Waals surface area contributed by atoms with Gasteiger partial charge in [0.15, 0.2) is 11.5 Å². The van der Waals surface area contributed by atoms with E-state index >= 15 is 0 Å². The SMILES string of the molecule is CC1=C(c2c(C)ccc3c2Cc2c-3[c-]ccc2-c2c(C)c(O)c(O)c(O)c2C)C=C(N)C=CC1.[Zn]. The van der Waals surface area contributed by atoms with E-state index in [0.717, 1.165) is 39.9 Å². The van der Waals surface area contributed by atoms with Crippen LogP contribution in [-0.4, -0.2) is 15.3 Å². The Balaban J connectivity index is 0.00000289. The van der Waals surface area contributed by atoms with Gasteiger partial charge in [0, 0.05) is 36.3 Å². The fourth-order valence-electron chi connectivity index (χ4n) is 5.42. The average Bonchev–Trinajstić information content (AvgIpc) is 3.11. The molecule has 0 fully saturated rings. The summed E-state index contributed by atoms with van der Waals surface area (Å²) in [6.45, 7) is 7.81. The minimum Gasteiger partial charge on any atom is -0.504 e. The van der Waals surface area contributed by atoms with Crippen LogP contribution in [0.15, 0.2) is 53.8 Å². The zero-order valence-corrected chi connectivity index (χ0v) is 23.5. The zero-order valence-electron chi connectivity index (χ0n) is 20.6. The Hall–Kier alpha value is -3.30. The zero-order chi connectivity index (χ0) is 24.3. The van der Waals surface area contributed by atoms with E-state index in [4.69, 9.17) is 5.73 Å². The molecule has 0 heterocycles. The number of aryl methyl sites for hydroxylation is 1. The third-order valence-corrected chi connectivity index (χ3v) is 7.20. The monoisotopic (exact) mass is 514 g/mol. The molecule has 0 saturated carbocycles. The van der Waals surface area contributed by atoms with E-state index in [-0.39, 0.29) is 31.0 Å². The third kappa shape index (κ3) is 3.79. The molecule has 0 spiro atoms. The van der Waals surface area contributed by atoms with Gasteiger partial charge in [-0.15, -0.1) is 29.3 Å². The Bertz CT molecular complexity index is 1450. The van der Waals surface area contributed by atoms with Gasteiger partial charge < -0.3 is 21.1 Å². The van der Waals surface area contributed by atoms with Gasteiger partial charge in [0.2, 0.25) is 5.75 Å². The van der Waals surface area contributed by atoms with Gasteiger partial charge in [-0.25, -0.2) is 0 Å². The Morgan fingerprint density at radius 2 is 1.51 bits per heavy atom. The first-order valence-corrected chi connectivity index (χ1v) is 11.4. The van der Waals surface area contributed by atoms with Gasteiger partial charge in [-0.05, 0) is 75.0 Å². The molecule has 0 aliphatic heterocycles. The molecule has 35 heavy (non-hydrogen) atoms. The average molecular weight is 516 g/mol. The van der Waals surface area contributed by atoms with Crippen molar-refractivity contribution in [3.63, 3.8) is 0 Å². The molecule has 0 saturated heterocycles. The number of hydrogen-bond acceptors (Lipinski definition) is 4. The molecule has 0 bridgehead atoms. The van der Waals surface area contributed by atoms with Gasteiger partial charge in [-0.1, -0.05) is 40.5 Å². The van der Waals surface area contributed by atoms with Crippen molar-refractivity contribution in [2.24, 2.45) is 5.73 Å². The minimum absolute atomic E-state index is 0. The van der Waals surface area contributed by atoms with Crippen LogP contribution in [0.1, 0.15) is 46.7 Å². The second-order valence-corrected chi connectivity index (χ2v) is 9.32. The summed E-state index contributed by atoms with van der Waals surface area (Å²) in [6, 6.07) is 11.6. The van der Waals surface area contributed by atoms with Crippen molar-refractivity contribution in [3.8, 4) is 39.5 Å². The molecule has 3 aromatic carbocycles.